The minimum absolute atomic E-state index is 0.103. The summed E-state index contributed by atoms with van der Waals surface area (Å²) >= 11 is 0. The second-order valence-electron chi connectivity index (χ2n) is 19.7. The molecule has 1 saturated heterocycles. The SMILES string of the molecule is CCCCCCCC/C=C\CCCCC(O)C(=O)NC(COC1OC(CO)C(O)C(O)C1OC(=O)CCCCC/C=C\CCCCCCCCC)C(O)/C=C/CCCCCCCCCCCCC. The first kappa shape index (κ1) is 63.9. The van der Waals surface area contributed by atoms with Gasteiger partial charge in [0.05, 0.1) is 25.4 Å². The number of allylic oxidation sites excluding steroid dienone is 5. The molecule has 1 rings (SSSR count). The van der Waals surface area contributed by atoms with Gasteiger partial charge in [-0.05, 0) is 77.0 Å². The molecule has 1 aliphatic heterocycles. The van der Waals surface area contributed by atoms with Crippen molar-refractivity contribution >= 4 is 11.9 Å². The van der Waals surface area contributed by atoms with Crippen LogP contribution in [-0.2, 0) is 23.8 Å². The molecule has 398 valence electrons. The van der Waals surface area contributed by atoms with E-state index in [0.717, 1.165) is 64.2 Å². The van der Waals surface area contributed by atoms with Gasteiger partial charge in [-0.2, -0.15) is 0 Å². The number of rotatable bonds is 47. The Morgan fingerprint density at radius 2 is 0.971 bits per heavy atom. The molecule has 8 unspecified atom stereocenters. The topological polar surface area (TPSA) is 175 Å². The Morgan fingerprint density at radius 3 is 1.43 bits per heavy atom. The van der Waals surface area contributed by atoms with Crippen LogP contribution in [0.4, 0.5) is 0 Å². The van der Waals surface area contributed by atoms with Crippen LogP contribution >= 0.6 is 0 Å². The van der Waals surface area contributed by atoms with E-state index in [-0.39, 0.29) is 19.4 Å². The van der Waals surface area contributed by atoms with Gasteiger partial charge in [-0.1, -0.05) is 205 Å². The van der Waals surface area contributed by atoms with Crippen LogP contribution < -0.4 is 5.32 Å². The van der Waals surface area contributed by atoms with Gasteiger partial charge in [-0.3, -0.25) is 9.59 Å². The van der Waals surface area contributed by atoms with Gasteiger partial charge in [0.25, 0.3) is 0 Å². The number of hydrogen-bond acceptors (Lipinski definition) is 10. The Bertz CT molecular complexity index is 1240. The Morgan fingerprint density at radius 1 is 0.559 bits per heavy atom. The smallest absolute Gasteiger partial charge is 0.306 e. The highest BCUT2D eigenvalue weighted by Gasteiger charge is 2.47. The molecule has 6 N–H and O–H groups in total. The molecule has 8 atom stereocenters. The lowest BCUT2D eigenvalue weighted by atomic mass is 9.99. The number of carbonyl (C=O) groups excluding carboxylic acids is 2. The maximum absolute atomic E-state index is 13.3. The van der Waals surface area contributed by atoms with Gasteiger partial charge >= 0.3 is 5.97 Å². The Kier molecular flexibility index (Phi) is 43.2. The number of carbonyl (C=O) groups is 2. The number of hydrogen-bond donors (Lipinski definition) is 6. The number of aliphatic hydroxyl groups excluding tert-OH is 5. The fourth-order valence-corrected chi connectivity index (χ4v) is 8.70. The van der Waals surface area contributed by atoms with E-state index in [1.807, 2.05) is 6.08 Å². The lowest BCUT2D eigenvalue weighted by Crippen LogP contribution is -2.61. The van der Waals surface area contributed by atoms with Crippen molar-refractivity contribution in [3.8, 4) is 0 Å². The Hall–Kier alpha value is -2.12. The third-order valence-corrected chi connectivity index (χ3v) is 13.3. The summed E-state index contributed by atoms with van der Waals surface area (Å²) < 4.78 is 17.5. The normalized spacial score (nSPS) is 20.1. The standard InChI is InChI=1S/C57H105NO10/c1-4-7-10-13-16-19-22-25-27-30-33-36-39-42-45-52(62)68-55-54(64)53(63)51(46-59)67-57(55)66-47-48(49(60)43-40-37-34-31-29-26-23-20-17-14-11-8-5-2)58-56(65)50(61)44-41-38-35-32-28-24-21-18-15-12-9-6-3/h27-28,30,32,40,43,48-51,53-55,57,59-61,63-64H,4-26,29,31,33-39,41-42,44-47H2,1-3H3,(H,58,65)/b30-27-,32-28-,43-40+. The summed E-state index contributed by atoms with van der Waals surface area (Å²) in [5.74, 6) is -1.23. The molecule has 0 bridgehead atoms. The summed E-state index contributed by atoms with van der Waals surface area (Å²) in [5.41, 5.74) is 0. The minimum atomic E-state index is -1.62. The van der Waals surface area contributed by atoms with Gasteiger partial charge < -0.3 is 45.1 Å². The van der Waals surface area contributed by atoms with Crippen molar-refractivity contribution in [1.82, 2.24) is 5.32 Å². The lowest BCUT2D eigenvalue weighted by Gasteiger charge is -2.41. The van der Waals surface area contributed by atoms with Crippen molar-refractivity contribution in [2.75, 3.05) is 13.2 Å². The first-order valence-corrected chi connectivity index (χ1v) is 28.3. The zero-order valence-corrected chi connectivity index (χ0v) is 43.7. The quantitative estimate of drug-likeness (QED) is 0.0196. The number of amides is 1. The molecule has 0 spiro atoms. The largest absolute Gasteiger partial charge is 0.454 e. The minimum Gasteiger partial charge on any atom is -0.454 e. The highest BCUT2D eigenvalue weighted by Crippen LogP contribution is 2.26. The van der Waals surface area contributed by atoms with Crippen molar-refractivity contribution in [2.24, 2.45) is 0 Å². The summed E-state index contributed by atoms with van der Waals surface area (Å²) in [4.78, 5) is 26.4. The second kappa shape index (κ2) is 46.0. The summed E-state index contributed by atoms with van der Waals surface area (Å²) in [6.45, 7) is 5.74. The first-order valence-electron chi connectivity index (χ1n) is 28.3. The molecule has 1 amide bonds. The van der Waals surface area contributed by atoms with Crippen LogP contribution in [-0.4, -0.2) is 99.6 Å². The first-order chi connectivity index (χ1) is 33.2. The van der Waals surface area contributed by atoms with Crippen LogP contribution in [0.1, 0.15) is 252 Å². The predicted molar refractivity (Wildman–Crippen MR) is 278 cm³/mol. The van der Waals surface area contributed by atoms with Gasteiger partial charge in [0, 0.05) is 6.42 Å². The van der Waals surface area contributed by atoms with Crippen molar-refractivity contribution < 1.29 is 49.3 Å². The van der Waals surface area contributed by atoms with Crippen LogP contribution in [0.15, 0.2) is 36.5 Å². The van der Waals surface area contributed by atoms with Crippen LogP contribution in [0.5, 0.6) is 0 Å². The average molecular weight is 964 g/mol. The van der Waals surface area contributed by atoms with E-state index in [1.165, 1.54) is 141 Å². The average Bonchev–Trinajstić information content (AvgIpc) is 3.33. The summed E-state index contributed by atoms with van der Waals surface area (Å²) in [7, 11) is 0. The van der Waals surface area contributed by atoms with E-state index < -0.39 is 67.4 Å². The molecule has 11 heteroatoms. The number of unbranched alkanes of at least 4 members (excludes halogenated alkanes) is 29. The van der Waals surface area contributed by atoms with E-state index in [0.29, 0.717) is 12.8 Å². The van der Waals surface area contributed by atoms with Crippen LogP contribution in [0, 0.1) is 0 Å². The monoisotopic (exact) mass is 964 g/mol. The van der Waals surface area contributed by atoms with Gasteiger partial charge in [-0.15, -0.1) is 0 Å². The van der Waals surface area contributed by atoms with E-state index in [4.69, 9.17) is 14.2 Å². The molecule has 0 saturated carbocycles. The van der Waals surface area contributed by atoms with Crippen LogP contribution in [0.2, 0.25) is 0 Å². The highest BCUT2D eigenvalue weighted by molar-refractivity contribution is 5.80. The zero-order chi connectivity index (χ0) is 49.7. The maximum Gasteiger partial charge on any atom is 0.306 e. The molecule has 0 aliphatic carbocycles. The zero-order valence-electron chi connectivity index (χ0n) is 43.7. The Balaban J connectivity index is 2.77. The molecule has 0 aromatic carbocycles. The molecular weight excluding hydrogens is 859 g/mol. The lowest BCUT2D eigenvalue weighted by molar-refractivity contribution is -0.305. The summed E-state index contributed by atoms with van der Waals surface area (Å²) in [6.07, 6.45) is 41.9. The van der Waals surface area contributed by atoms with Gasteiger partial charge in [-0.25, -0.2) is 0 Å². The van der Waals surface area contributed by atoms with Gasteiger partial charge in [0.2, 0.25) is 5.91 Å². The molecule has 1 heterocycles. The third kappa shape index (κ3) is 34.2. The van der Waals surface area contributed by atoms with Crippen LogP contribution in [0.25, 0.3) is 0 Å². The molecular formula is C57H105NO10. The molecule has 0 aromatic heterocycles. The van der Waals surface area contributed by atoms with E-state index in [1.54, 1.807) is 6.08 Å². The predicted octanol–water partition coefficient (Wildman–Crippen LogP) is 12.3. The summed E-state index contributed by atoms with van der Waals surface area (Å²) in [5, 5.41) is 56.7. The third-order valence-electron chi connectivity index (χ3n) is 13.3. The fourth-order valence-electron chi connectivity index (χ4n) is 8.70. The van der Waals surface area contributed by atoms with Gasteiger partial charge in [0.1, 0.15) is 24.4 Å². The molecule has 0 radical (unpaired) electrons. The van der Waals surface area contributed by atoms with Gasteiger partial charge in [0.15, 0.2) is 12.4 Å². The molecule has 11 nitrogen and oxygen atoms in total. The van der Waals surface area contributed by atoms with E-state index >= 15 is 0 Å². The summed E-state index contributed by atoms with van der Waals surface area (Å²) in [6, 6.07) is -1.03. The number of aliphatic hydroxyl groups is 5. The number of esters is 1. The fraction of sp³-hybridized carbons (Fsp3) is 0.860. The van der Waals surface area contributed by atoms with Crippen LogP contribution in [0.3, 0.4) is 0 Å². The van der Waals surface area contributed by atoms with Crippen molar-refractivity contribution in [1.29, 1.82) is 0 Å². The van der Waals surface area contributed by atoms with Crippen molar-refractivity contribution in [2.45, 2.75) is 301 Å². The Labute approximate surface area is 415 Å². The second-order valence-corrected chi connectivity index (χ2v) is 19.7. The molecule has 0 aromatic rings. The highest BCUT2D eigenvalue weighted by atomic mass is 16.7. The maximum atomic E-state index is 13.3. The molecule has 68 heavy (non-hydrogen) atoms. The van der Waals surface area contributed by atoms with Crippen molar-refractivity contribution in [3.63, 3.8) is 0 Å². The van der Waals surface area contributed by atoms with E-state index in [2.05, 4.69) is 50.4 Å². The molecule has 1 aliphatic rings. The van der Waals surface area contributed by atoms with E-state index in [9.17, 15) is 35.1 Å². The van der Waals surface area contributed by atoms with Crippen molar-refractivity contribution in [3.05, 3.63) is 36.5 Å². The number of ether oxygens (including phenoxy) is 3. The molecule has 1 fully saturated rings. The number of nitrogens with one attached hydrogen (secondary N) is 1.